The van der Waals surface area contributed by atoms with Crippen LogP contribution >= 0.6 is 0 Å². The summed E-state index contributed by atoms with van der Waals surface area (Å²) < 4.78 is 11.1. The summed E-state index contributed by atoms with van der Waals surface area (Å²) in [5.41, 5.74) is 2.48. The maximum Gasteiger partial charge on any atom is 0.336 e. The molecule has 1 atom stereocenters. The van der Waals surface area contributed by atoms with Crippen molar-refractivity contribution in [3.8, 4) is 5.75 Å². The lowest BCUT2D eigenvalue weighted by Gasteiger charge is -2.13. The summed E-state index contributed by atoms with van der Waals surface area (Å²) in [6, 6.07) is 17.6. The number of benzene rings is 2. The first-order valence-corrected chi connectivity index (χ1v) is 7.86. The van der Waals surface area contributed by atoms with Gasteiger partial charge in [-0.15, -0.1) is 0 Å². The number of aryl methyl sites for hydroxylation is 1. The molecule has 0 radical (unpaired) electrons. The van der Waals surface area contributed by atoms with Gasteiger partial charge < -0.3 is 9.15 Å². The Morgan fingerprint density at radius 1 is 1.09 bits per heavy atom. The second kappa shape index (κ2) is 6.69. The smallest absolute Gasteiger partial charge is 0.336 e. The van der Waals surface area contributed by atoms with Gasteiger partial charge in [-0.05, 0) is 42.5 Å². The monoisotopic (exact) mass is 308 g/mol. The molecule has 1 unspecified atom stereocenters. The summed E-state index contributed by atoms with van der Waals surface area (Å²) in [5, 5.41) is 0.939. The van der Waals surface area contributed by atoms with Crippen molar-refractivity contribution >= 4 is 11.0 Å². The van der Waals surface area contributed by atoms with Gasteiger partial charge in [0.15, 0.2) is 0 Å². The lowest BCUT2D eigenvalue weighted by molar-refractivity contribution is 0.300. The molecule has 3 nitrogen and oxygen atoms in total. The number of hydrogen-bond acceptors (Lipinski definition) is 3. The minimum Gasteiger partial charge on any atom is -0.493 e. The molecule has 0 bridgehead atoms. The van der Waals surface area contributed by atoms with Crippen LogP contribution in [0.1, 0.15) is 30.4 Å². The van der Waals surface area contributed by atoms with E-state index in [9.17, 15) is 4.79 Å². The molecule has 1 aromatic heterocycles. The average molecular weight is 308 g/mol. The molecule has 1 heterocycles. The quantitative estimate of drug-likeness (QED) is 0.643. The van der Waals surface area contributed by atoms with Gasteiger partial charge in [0, 0.05) is 17.5 Å². The van der Waals surface area contributed by atoms with Crippen molar-refractivity contribution in [2.45, 2.75) is 26.2 Å². The van der Waals surface area contributed by atoms with E-state index < -0.39 is 0 Å². The fourth-order valence-electron chi connectivity index (χ4n) is 2.70. The van der Waals surface area contributed by atoms with Crippen LogP contribution in [0.15, 0.2) is 63.8 Å². The molecule has 0 aliphatic rings. The van der Waals surface area contributed by atoms with Gasteiger partial charge in [-0.1, -0.05) is 37.3 Å². The van der Waals surface area contributed by atoms with Crippen molar-refractivity contribution in [3.05, 3.63) is 76.1 Å². The maximum absolute atomic E-state index is 11.5. The van der Waals surface area contributed by atoms with E-state index in [0.717, 1.165) is 23.1 Å². The number of hydrogen-bond donors (Lipinski definition) is 0. The van der Waals surface area contributed by atoms with Gasteiger partial charge in [0.25, 0.3) is 0 Å². The molecule has 0 amide bonds. The largest absolute Gasteiger partial charge is 0.493 e. The summed E-state index contributed by atoms with van der Waals surface area (Å²) in [4.78, 5) is 11.5. The third-order valence-electron chi connectivity index (χ3n) is 4.11. The third-order valence-corrected chi connectivity index (χ3v) is 4.11. The molecule has 23 heavy (non-hydrogen) atoms. The summed E-state index contributed by atoms with van der Waals surface area (Å²) in [7, 11) is 0. The van der Waals surface area contributed by atoms with Crippen molar-refractivity contribution in [2.24, 2.45) is 0 Å². The Morgan fingerprint density at radius 2 is 1.87 bits per heavy atom. The van der Waals surface area contributed by atoms with E-state index in [1.54, 1.807) is 6.07 Å². The van der Waals surface area contributed by atoms with Crippen LogP contribution in [0.5, 0.6) is 5.75 Å². The minimum absolute atomic E-state index is 0.329. The molecule has 0 saturated heterocycles. The topological polar surface area (TPSA) is 39.4 Å². The molecular formula is C20H20O3. The average Bonchev–Trinajstić information content (AvgIpc) is 2.55. The Kier molecular flexibility index (Phi) is 4.47. The van der Waals surface area contributed by atoms with Crippen molar-refractivity contribution in [2.75, 3.05) is 6.61 Å². The van der Waals surface area contributed by atoms with Crippen LogP contribution in [0.2, 0.25) is 0 Å². The molecule has 0 aliphatic carbocycles. The van der Waals surface area contributed by atoms with E-state index in [4.69, 9.17) is 9.15 Å². The van der Waals surface area contributed by atoms with E-state index in [1.165, 1.54) is 11.6 Å². The van der Waals surface area contributed by atoms with Crippen LogP contribution in [0, 0.1) is 6.92 Å². The summed E-state index contributed by atoms with van der Waals surface area (Å²) in [6.07, 6.45) is 0.930. The lowest BCUT2D eigenvalue weighted by Crippen LogP contribution is -2.03. The first kappa shape index (κ1) is 15.3. The van der Waals surface area contributed by atoms with Crippen LogP contribution < -0.4 is 10.4 Å². The minimum atomic E-state index is -0.329. The highest BCUT2D eigenvalue weighted by molar-refractivity contribution is 5.81. The SMILES string of the molecule is Cc1cc(=O)oc2cc(OCCC(C)c3ccccc3)ccc12. The van der Waals surface area contributed by atoms with Gasteiger partial charge >= 0.3 is 5.63 Å². The summed E-state index contributed by atoms with van der Waals surface area (Å²) >= 11 is 0. The molecule has 3 heteroatoms. The predicted octanol–water partition coefficient (Wildman–Crippen LogP) is 4.67. The Balaban J connectivity index is 1.67. The Labute approximate surface area is 135 Å². The van der Waals surface area contributed by atoms with Crippen molar-refractivity contribution in [3.63, 3.8) is 0 Å². The van der Waals surface area contributed by atoms with Crippen LogP contribution in [-0.2, 0) is 0 Å². The third kappa shape index (κ3) is 3.62. The van der Waals surface area contributed by atoms with Gasteiger partial charge in [-0.2, -0.15) is 0 Å². The van der Waals surface area contributed by atoms with E-state index in [2.05, 4.69) is 31.2 Å². The van der Waals surface area contributed by atoms with Crippen LogP contribution in [0.3, 0.4) is 0 Å². The Bertz CT molecular complexity index is 850. The van der Waals surface area contributed by atoms with Gasteiger partial charge in [0.2, 0.25) is 0 Å². The van der Waals surface area contributed by atoms with Gasteiger partial charge in [-0.3, -0.25) is 0 Å². The zero-order valence-electron chi connectivity index (χ0n) is 13.4. The van der Waals surface area contributed by atoms with Crippen molar-refractivity contribution in [1.82, 2.24) is 0 Å². The van der Waals surface area contributed by atoms with Crippen LogP contribution in [0.25, 0.3) is 11.0 Å². The molecule has 0 spiro atoms. The Hall–Kier alpha value is -2.55. The molecule has 3 aromatic rings. The maximum atomic E-state index is 11.5. The second-order valence-corrected chi connectivity index (χ2v) is 5.86. The first-order chi connectivity index (χ1) is 11.1. The lowest BCUT2D eigenvalue weighted by atomic mass is 9.98. The number of fused-ring (bicyclic) bond motifs is 1. The number of rotatable bonds is 5. The van der Waals surface area contributed by atoms with Crippen LogP contribution in [0.4, 0.5) is 0 Å². The zero-order chi connectivity index (χ0) is 16.2. The van der Waals surface area contributed by atoms with E-state index >= 15 is 0 Å². The zero-order valence-corrected chi connectivity index (χ0v) is 13.4. The van der Waals surface area contributed by atoms with Crippen molar-refractivity contribution in [1.29, 1.82) is 0 Å². The second-order valence-electron chi connectivity index (χ2n) is 5.86. The van der Waals surface area contributed by atoms with E-state index in [1.807, 2.05) is 25.1 Å². The van der Waals surface area contributed by atoms with Gasteiger partial charge in [0.1, 0.15) is 11.3 Å². The molecule has 0 aliphatic heterocycles. The highest BCUT2D eigenvalue weighted by Gasteiger charge is 2.07. The van der Waals surface area contributed by atoms with E-state index in [-0.39, 0.29) is 5.63 Å². The highest BCUT2D eigenvalue weighted by atomic mass is 16.5. The Morgan fingerprint density at radius 3 is 2.65 bits per heavy atom. The van der Waals surface area contributed by atoms with Crippen LogP contribution in [-0.4, -0.2) is 6.61 Å². The van der Waals surface area contributed by atoms with Gasteiger partial charge in [-0.25, -0.2) is 4.79 Å². The molecule has 0 saturated carbocycles. The fourth-order valence-corrected chi connectivity index (χ4v) is 2.70. The molecular weight excluding hydrogens is 288 g/mol. The summed E-state index contributed by atoms with van der Waals surface area (Å²) in [5.74, 6) is 1.17. The fraction of sp³-hybridized carbons (Fsp3) is 0.250. The normalized spacial score (nSPS) is 12.3. The van der Waals surface area contributed by atoms with E-state index in [0.29, 0.717) is 18.1 Å². The molecule has 0 N–H and O–H groups in total. The first-order valence-electron chi connectivity index (χ1n) is 7.86. The molecule has 118 valence electrons. The number of ether oxygens (including phenoxy) is 1. The molecule has 3 rings (SSSR count). The van der Waals surface area contributed by atoms with Gasteiger partial charge in [0.05, 0.1) is 6.61 Å². The standard InChI is InChI=1S/C20H20O3/c1-14(16-6-4-3-5-7-16)10-11-22-17-8-9-18-15(2)12-20(21)23-19(18)13-17/h3-9,12-14H,10-11H2,1-2H3. The van der Waals surface area contributed by atoms with Crippen molar-refractivity contribution < 1.29 is 9.15 Å². The molecule has 0 fully saturated rings. The predicted molar refractivity (Wildman–Crippen MR) is 92.2 cm³/mol. The highest BCUT2D eigenvalue weighted by Crippen LogP contribution is 2.23. The molecule has 2 aromatic carbocycles. The summed E-state index contributed by atoms with van der Waals surface area (Å²) in [6.45, 7) is 4.72.